The maximum Gasteiger partial charge on any atom is 0.262 e. The highest BCUT2D eigenvalue weighted by atomic mass is 35.5. The zero-order valence-electron chi connectivity index (χ0n) is 21.2. The number of hydrogen-bond donors (Lipinski definition) is 1. The van der Waals surface area contributed by atoms with Gasteiger partial charge in [-0.1, -0.05) is 60.1 Å². The molecule has 1 amide bonds. The molecule has 1 atom stereocenters. The van der Waals surface area contributed by atoms with Gasteiger partial charge in [-0.25, -0.2) is 4.68 Å². The van der Waals surface area contributed by atoms with Crippen LogP contribution >= 0.6 is 11.6 Å². The van der Waals surface area contributed by atoms with E-state index in [9.17, 15) is 10.1 Å². The fourth-order valence-electron chi connectivity index (χ4n) is 4.35. The molecule has 4 aromatic rings. The van der Waals surface area contributed by atoms with Gasteiger partial charge in [0.1, 0.15) is 29.7 Å². The fraction of sp³-hybridized carbons (Fsp3) is 0.194. The van der Waals surface area contributed by atoms with Crippen molar-refractivity contribution < 1.29 is 14.3 Å². The number of amides is 1. The zero-order chi connectivity index (χ0) is 27.0. The van der Waals surface area contributed by atoms with Gasteiger partial charge in [-0.3, -0.25) is 4.79 Å². The first kappa shape index (κ1) is 26.2. The van der Waals surface area contributed by atoms with Crippen LogP contribution in [0.15, 0.2) is 90.6 Å². The van der Waals surface area contributed by atoms with Gasteiger partial charge in [0.05, 0.1) is 11.8 Å². The highest BCUT2D eigenvalue weighted by molar-refractivity contribution is 6.31. The summed E-state index contributed by atoms with van der Waals surface area (Å²) in [6.07, 6.45) is 5.24. The topological polar surface area (TPSA) is 89.2 Å². The number of benzene rings is 3. The molecule has 1 N–H and O–H groups in total. The van der Waals surface area contributed by atoms with E-state index in [1.807, 2.05) is 91.1 Å². The minimum Gasteiger partial charge on any atom is -0.489 e. The summed E-state index contributed by atoms with van der Waals surface area (Å²) < 4.78 is 13.3. The Morgan fingerprint density at radius 2 is 1.97 bits per heavy atom. The first-order chi connectivity index (χ1) is 19.1. The number of ether oxygens (including phenoxy) is 2. The van der Waals surface area contributed by atoms with Gasteiger partial charge in [-0.05, 0) is 49.2 Å². The molecule has 0 bridgehead atoms. The number of aromatic nitrogens is 2. The number of nitrogens with one attached hydrogen (secondary N) is 1. The quantitative estimate of drug-likeness (QED) is 0.209. The highest BCUT2D eigenvalue weighted by Crippen LogP contribution is 2.29. The molecule has 1 aromatic heterocycles. The van der Waals surface area contributed by atoms with Gasteiger partial charge in [0.25, 0.3) is 5.91 Å². The van der Waals surface area contributed by atoms with Gasteiger partial charge in [-0.2, -0.15) is 10.4 Å². The molecule has 2 heterocycles. The molecule has 7 nitrogen and oxygen atoms in total. The lowest BCUT2D eigenvalue weighted by Crippen LogP contribution is -2.32. The molecule has 1 aliphatic heterocycles. The van der Waals surface area contributed by atoms with Crippen LogP contribution in [0.1, 0.15) is 24.0 Å². The van der Waals surface area contributed by atoms with Crippen LogP contribution in [0.3, 0.4) is 0 Å². The number of para-hydroxylation sites is 1. The molecular formula is C31H27ClN4O3. The molecule has 1 unspecified atom stereocenters. The first-order valence-corrected chi connectivity index (χ1v) is 13.1. The number of rotatable bonds is 9. The van der Waals surface area contributed by atoms with E-state index in [1.165, 1.54) is 0 Å². The van der Waals surface area contributed by atoms with Crippen molar-refractivity contribution in [2.24, 2.45) is 0 Å². The van der Waals surface area contributed by atoms with Crippen molar-refractivity contribution >= 4 is 23.6 Å². The van der Waals surface area contributed by atoms with Crippen molar-refractivity contribution in [1.29, 1.82) is 5.26 Å². The van der Waals surface area contributed by atoms with Crippen LogP contribution in [-0.4, -0.2) is 34.9 Å². The van der Waals surface area contributed by atoms with Crippen LogP contribution < -0.4 is 10.1 Å². The molecule has 1 fully saturated rings. The van der Waals surface area contributed by atoms with Crippen LogP contribution in [-0.2, 0) is 16.1 Å². The van der Waals surface area contributed by atoms with Gasteiger partial charge in [0.15, 0.2) is 0 Å². The third-order valence-electron chi connectivity index (χ3n) is 6.40. The smallest absolute Gasteiger partial charge is 0.262 e. The molecule has 0 saturated carbocycles. The molecule has 196 valence electrons. The van der Waals surface area contributed by atoms with E-state index in [-0.39, 0.29) is 11.7 Å². The summed E-state index contributed by atoms with van der Waals surface area (Å²) in [4.78, 5) is 12.8. The third-order valence-corrected chi connectivity index (χ3v) is 6.77. The van der Waals surface area contributed by atoms with Crippen LogP contribution in [0.25, 0.3) is 23.0 Å². The second-order valence-corrected chi connectivity index (χ2v) is 9.54. The standard InChI is InChI=1S/C31H27ClN4O3/c32-29-14-5-4-8-23(29)21-39-27-12-6-9-22(17-27)30-25(20-36(35-30)26-10-2-1-3-11-26)16-24(18-33)31(37)34-19-28-13-7-15-38-28/h1-6,8-12,14,16-17,20,28H,7,13,15,19,21H2,(H,34,37)/b24-16-. The second-order valence-electron chi connectivity index (χ2n) is 9.14. The number of carbonyl (C=O) groups is 1. The minimum absolute atomic E-state index is 0.00650. The molecule has 0 spiro atoms. The van der Waals surface area contributed by atoms with Gasteiger partial charge in [-0.15, -0.1) is 0 Å². The largest absolute Gasteiger partial charge is 0.489 e. The van der Waals surface area contributed by atoms with Crippen molar-refractivity contribution in [2.75, 3.05) is 13.2 Å². The van der Waals surface area contributed by atoms with Gasteiger partial charge < -0.3 is 14.8 Å². The number of nitriles is 1. The predicted octanol–water partition coefficient (Wildman–Crippen LogP) is 5.97. The van der Waals surface area contributed by atoms with Crippen LogP contribution in [0.5, 0.6) is 5.75 Å². The van der Waals surface area contributed by atoms with Crippen LogP contribution in [0, 0.1) is 11.3 Å². The van der Waals surface area contributed by atoms with Crippen LogP contribution in [0.4, 0.5) is 0 Å². The molecule has 39 heavy (non-hydrogen) atoms. The summed E-state index contributed by atoms with van der Waals surface area (Å²) in [5.41, 5.74) is 3.75. The summed E-state index contributed by atoms with van der Waals surface area (Å²) >= 11 is 6.28. The molecule has 8 heteroatoms. The van der Waals surface area contributed by atoms with E-state index >= 15 is 0 Å². The SMILES string of the molecule is N#C/C(=C/c1cn(-c2ccccc2)nc1-c1cccc(OCc2ccccc2Cl)c1)C(=O)NCC1CCCO1. The van der Waals surface area contributed by atoms with Gasteiger partial charge in [0.2, 0.25) is 0 Å². The van der Waals surface area contributed by atoms with Gasteiger partial charge in [0, 0.05) is 41.1 Å². The Balaban J connectivity index is 1.45. The van der Waals surface area contributed by atoms with Gasteiger partial charge >= 0.3 is 0 Å². The van der Waals surface area contributed by atoms with E-state index in [0.29, 0.717) is 41.8 Å². The second kappa shape index (κ2) is 12.4. The Morgan fingerprint density at radius 3 is 2.74 bits per heavy atom. The van der Waals surface area contributed by atoms with E-state index in [4.69, 9.17) is 26.2 Å². The molecule has 1 saturated heterocycles. The fourth-order valence-corrected chi connectivity index (χ4v) is 4.54. The highest BCUT2D eigenvalue weighted by Gasteiger charge is 2.19. The van der Waals surface area contributed by atoms with E-state index in [1.54, 1.807) is 10.8 Å². The number of halogens is 1. The Kier molecular flexibility index (Phi) is 8.37. The number of carbonyl (C=O) groups excluding carboxylic acids is 1. The number of nitrogens with zero attached hydrogens (tertiary/aromatic N) is 3. The summed E-state index contributed by atoms with van der Waals surface area (Å²) in [6.45, 7) is 1.39. The lowest BCUT2D eigenvalue weighted by molar-refractivity contribution is -0.117. The monoisotopic (exact) mass is 538 g/mol. The normalized spacial score (nSPS) is 15.1. The Bertz CT molecular complexity index is 1520. The average Bonchev–Trinajstić information content (AvgIpc) is 3.65. The van der Waals surface area contributed by atoms with Crippen molar-refractivity contribution in [3.63, 3.8) is 0 Å². The Hall–Kier alpha value is -4.38. The lowest BCUT2D eigenvalue weighted by atomic mass is 10.1. The lowest BCUT2D eigenvalue weighted by Gasteiger charge is -2.10. The molecule has 5 rings (SSSR count). The summed E-state index contributed by atoms with van der Waals surface area (Å²) in [5.74, 6) is 0.203. The molecule has 0 aliphatic carbocycles. The summed E-state index contributed by atoms with van der Waals surface area (Å²) in [5, 5.41) is 18.1. The maximum absolute atomic E-state index is 12.8. The first-order valence-electron chi connectivity index (χ1n) is 12.7. The maximum atomic E-state index is 12.8. The predicted molar refractivity (Wildman–Crippen MR) is 150 cm³/mol. The average molecular weight is 539 g/mol. The summed E-state index contributed by atoms with van der Waals surface area (Å²) in [6, 6.07) is 26.8. The molecular weight excluding hydrogens is 512 g/mol. The van der Waals surface area contributed by atoms with Crippen molar-refractivity contribution in [3.8, 4) is 28.8 Å². The number of hydrogen-bond acceptors (Lipinski definition) is 5. The van der Waals surface area contributed by atoms with Crippen LogP contribution in [0.2, 0.25) is 5.02 Å². The van der Waals surface area contributed by atoms with Crippen molar-refractivity contribution in [1.82, 2.24) is 15.1 Å². The minimum atomic E-state index is -0.441. The van der Waals surface area contributed by atoms with E-state index in [0.717, 1.165) is 29.7 Å². The zero-order valence-corrected chi connectivity index (χ0v) is 22.0. The Morgan fingerprint density at radius 1 is 1.15 bits per heavy atom. The molecule has 3 aromatic carbocycles. The van der Waals surface area contributed by atoms with Crippen molar-refractivity contribution in [3.05, 3.63) is 107 Å². The molecule has 1 aliphatic rings. The summed E-state index contributed by atoms with van der Waals surface area (Å²) in [7, 11) is 0. The van der Waals surface area contributed by atoms with E-state index < -0.39 is 5.91 Å². The Labute approximate surface area is 232 Å². The molecule has 0 radical (unpaired) electrons. The van der Waals surface area contributed by atoms with Crippen molar-refractivity contribution in [2.45, 2.75) is 25.6 Å². The third kappa shape index (κ3) is 6.55. The van der Waals surface area contributed by atoms with E-state index in [2.05, 4.69) is 5.32 Å².